The van der Waals surface area contributed by atoms with Gasteiger partial charge in [0.1, 0.15) is 12.4 Å². The molecule has 0 amide bonds. The van der Waals surface area contributed by atoms with Crippen molar-refractivity contribution in [3.05, 3.63) is 119 Å². The third kappa shape index (κ3) is 5.21. The predicted molar refractivity (Wildman–Crippen MR) is 124 cm³/mol. The molecule has 4 aromatic rings. The van der Waals surface area contributed by atoms with Gasteiger partial charge in [-0.25, -0.2) is 0 Å². The van der Waals surface area contributed by atoms with E-state index in [1.807, 2.05) is 72.9 Å². The van der Waals surface area contributed by atoms with Crippen LogP contribution in [0.1, 0.15) is 11.1 Å². The molecule has 4 aromatic carbocycles. The normalized spacial score (nSPS) is 10.9. The van der Waals surface area contributed by atoms with Crippen LogP contribution in [0.15, 0.2) is 113 Å². The van der Waals surface area contributed by atoms with Crippen LogP contribution in [0.5, 0.6) is 5.75 Å². The maximum Gasteiger partial charge on any atom is 0.129 e. The molecular formula is C26H20BrNO. The summed E-state index contributed by atoms with van der Waals surface area (Å²) in [6, 6.07) is 34.7. The van der Waals surface area contributed by atoms with Crippen LogP contribution < -0.4 is 4.74 Å². The molecule has 0 atom stereocenters. The number of ether oxygens (including phenoxy) is 1. The smallest absolute Gasteiger partial charge is 0.129 e. The van der Waals surface area contributed by atoms with Gasteiger partial charge in [-0.05, 0) is 47.0 Å². The van der Waals surface area contributed by atoms with Gasteiger partial charge in [0.2, 0.25) is 0 Å². The number of rotatable bonds is 6. The summed E-state index contributed by atoms with van der Waals surface area (Å²) in [5, 5.41) is 0. The van der Waals surface area contributed by atoms with E-state index in [9.17, 15) is 0 Å². The molecule has 3 heteroatoms. The van der Waals surface area contributed by atoms with Gasteiger partial charge in [-0.1, -0.05) is 88.7 Å². The average molecular weight is 442 g/mol. The minimum absolute atomic E-state index is 0.518. The zero-order valence-electron chi connectivity index (χ0n) is 15.8. The summed E-state index contributed by atoms with van der Waals surface area (Å²) in [4.78, 5) is 4.64. The standard InChI is InChI=1S/C26H20BrNO/c27-24-14-11-23(26(17-24)29-19-20-7-3-1-4-8-20)18-28-25-15-12-22(13-16-25)21-9-5-2-6-10-21/h1-18H,19H2. The highest BCUT2D eigenvalue weighted by Crippen LogP contribution is 2.26. The SMILES string of the molecule is Brc1ccc(C=Nc2ccc(-c3ccccc3)cc2)c(OCc2ccccc2)c1. The van der Waals surface area contributed by atoms with Crippen molar-refractivity contribution in [3.63, 3.8) is 0 Å². The molecule has 0 heterocycles. The Balaban J connectivity index is 1.50. The highest BCUT2D eigenvalue weighted by Gasteiger charge is 2.04. The summed E-state index contributed by atoms with van der Waals surface area (Å²) >= 11 is 3.52. The number of aliphatic imine (C=N–C) groups is 1. The Labute approximate surface area is 179 Å². The van der Waals surface area contributed by atoms with Gasteiger partial charge in [0.05, 0.1) is 5.69 Å². The van der Waals surface area contributed by atoms with E-state index in [2.05, 4.69) is 57.3 Å². The van der Waals surface area contributed by atoms with Gasteiger partial charge >= 0.3 is 0 Å². The van der Waals surface area contributed by atoms with Gasteiger partial charge in [0, 0.05) is 16.3 Å². The van der Waals surface area contributed by atoms with E-state index in [1.165, 1.54) is 11.1 Å². The molecule has 0 aliphatic carbocycles. The fourth-order valence-corrected chi connectivity index (χ4v) is 3.33. The molecule has 29 heavy (non-hydrogen) atoms. The molecular weight excluding hydrogens is 422 g/mol. The predicted octanol–water partition coefficient (Wildman–Crippen LogP) is 7.45. The van der Waals surface area contributed by atoms with Gasteiger partial charge in [-0.15, -0.1) is 0 Å². The highest BCUT2D eigenvalue weighted by atomic mass is 79.9. The van der Waals surface area contributed by atoms with Crippen molar-refractivity contribution in [1.82, 2.24) is 0 Å². The fourth-order valence-electron chi connectivity index (χ4n) is 2.99. The lowest BCUT2D eigenvalue weighted by Crippen LogP contribution is -1.98. The fraction of sp³-hybridized carbons (Fsp3) is 0.0385. The summed E-state index contributed by atoms with van der Waals surface area (Å²) in [7, 11) is 0. The first-order valence-electron chi connectivity index (χ1n) is 9.44. The number of benzene rings is 4. The van der Waals surface area contributed by atoms with Crippen LogP contribution in [-0.2, 0) is 6.61 Å². The number of nitrogens with zero attached hydrogens (tertiary/aromatic N) is 1. The second kappa shape index (κ2) is 9.35. The molecule has 0 aromatic heterocycles. The molecule has 0 spiro atoms. The lowest BCUT2D eigenvalue weighted by Gasteiger charge is -2.10. The molecule has 0 aliphatic rings. The Kier molecular flexibility index (Phi) is 6.18. The van der Waals surface area contributed by atoms with Gasteiger partial charge in [-0.2, -0.15) is 0 Å². The van der Waals surface area contributed by atoms with Crippen LogP contribution in [0.25, 0.3) is 11.1 Å². The Bertz CT molecular complexity index is 1090. The number of hydrogen-bond acceptors (Lipinski definition) is 2. The maximum atomic E-state index is 6.05. The largest absolute Gasteiger partial charge is 0.488 e. The molecule has 0 unspecified atom stereocenters. The Morgan fingerprint density at radius 3 is 2.10 bits per heavy atom. The monoisotopic (exact) mass is 441 g/mol. The van der Waals surface area contributed by atoms with Crippen molar-refractivity contribution >= 4 is 27.8 Å². The highest BCUT2D eigenvalue weighted by molar-refractivity contribution is 9.10. The first-order chi connectivity index (χ1) is 14.3. The van der Waals surface area contributed by atoms with Crippen molar-refractivity contribution < 1.29 is 4.74 Å². The van der Waals surface area contributed by atoms with Crippen molar-refractivity contribution in [3.8, 4) is 16.9 Å². The maximum absolute atomic E-state index is 6.05. The van der Waals surface area contributed by atoms with Crippen molar-refractivity contribution in [2.75, 3.05) is 0 Å². The van der Waals surface area contributed by atoms with E-state index in [-0.39, 0.29) is 0 Å². The number of halogens is 1. The molecule has 2 nitrogen and oxygen atoms in total. The van der Waals surface area contributed by atoms with Gasteiger partial charge in [-0.3, -0.25) is 4.99 Å². The first-order valence-corrected chi connectivity index (χ1v) is 10.2. The Hall–Kier alpha value is -3.17. The lowest BCUT2D eigenvalue weighted by molar-refractivity contribution is 0.305. The van der Waals surface area contributed by atoms with E-state index in [0.29, 0.717) is 6.61 Å². The summed E-state index contributed by atoms with van der Waals surface area (Å²) in [5.41, 5.74) is 5.36. The minimum atomic E-state index is 0.518. The van der Waals surface area contributed by atoms with Gasteiger partial charge in [0.25, 0.3) is 0 Å². The molecule has 0 N–H and O–H groups in total. The van der Waals surface area contributed by atoms with Gasteiger partial charge < -0.3 is 4.74 Å². The van der Waals surface area contributed by atoms with E-state index >= 15 is 0 Å². The molecule has 0 bridgehead atoms. The van der Waals surface area contributed by atoms with Crippen LogP contribution in [0.4, 0.5) is 5.69 Å². The first kappa shape index (κ1) is 19.2. The molecule has 0 aliphatic heterocycles. The van der Waals surface area contributed by atoms with E-state index < -0.39 is 0 Å². The zero-order valence-corrected chi connectivity index (χ0v) is 17.4. The summed E-state index contributed by atoms with van der Waals surface area (Å²) in [6.07, 6.45) is 1.85. The minimum Gasteiger partial charge on any atom is -0.488 e. The second-order valence-electron chi connectivity index (χ2n) is 6.63. The molecule has 0 saturated heterocycles. The van der Waals surface area contributed by atoms with Crippen LogP contribution in [0.3, 0.4) is 0 Å². The van der Waals surface area contributed by atoms with Crippen molar-refractivity contribution in [2.24, 2.45) is 4.99 Å². The molecule has 4 rings (SSSR count). The number of hydrogen-bond donors (Lipinski definition) is 0. The summed E-state index contributed by atoms with van der Waals surface area (Å²) in [5.74, 6) is 0.799. The quantitative estimate of drug-likeness (QED) is 0.284. The summed E-state index contributed by atoms with van der Waals surface area (Å²) in [6.45, 7) is 0.518. The van der Waals surface area contributed by atoms with Gasteiger partial charge in [0.15, 0.2) is 0 Å². The third-order valence-corrected chi connectivity index (χ3v) is 5.03. The molecule has 0 saturated carbocycles. The van der Waals surface area contributed by atoms with Crippen LogP contribution in [-0.4, -0.2) is 6.21 Å². The van der Waals surface area contributed by atoms with E-state index in [0.717, 1.165) is 27.0 Å². The van der Waals surface area contributed by atoms with E-state index in [1.54, 1.807) is 0 Å². The van der Waals surface area contributed by atoms with Crippen LogP contribution in [0.2, 0.25) is 0 Å². The van der Waals surface area contributed by atoms with E-state index in [4.69, 9.17) is 4.74 Å². The second-order valence-corrected chi connectivity index (χ2v) is 7.54. The van der Waals surface area contributed by atoms with Crippen LogP contribution >= 0.6 is 15.9 Å². The zero-order chi connectivity index (χ0) is 19.9. The van der Waals surface area contributed by atoms with Crippen molar-refractivity contribution in [2.45, 2.75) is 6.61 Å². The Morgan fingerprint density at radius 1 is 0.724 bits per heavy atom. The Morgan fingerprint density at radius 2 is 1.38 bits per heavy atom. The third-order valence-electron chi connectivity index (χ3n) is 4.54. The molecule has 0 fully saturated rings. The molecule has 142 valence electrons. The summed E-state index contributed by atoms with van der Waals surface area (Å²) < 4.78 is 7.02. The van der Waals surface area contributed by atoms with Crippen molar-refractivity contribution in [1.29, 1.82) is 0 Å². The average Bonchev–Trinajstić information content (AvgIpc) is 2.79. The van der Waals surface area contributed by atoms with Crippen LogP contribution in [0, 0.1) is 0 Å². The lowest BCUT2D eigenvalue weighted by atomic mass is 10.1. The topological polar surface area (TPSA) is 21.6 Å². The molecule has 0 radical (unpaired) electrons.